The number of aryl methyl sites for hydroxylation is 1. The lowest BCUT2D eigenvalue weighted by molar-refractivity contribution is 0.367. The molecule has 0 spiro atoms. The van der Waals surface area contributed by atoms with Crippen LogP contribution in [0.2, 0.25) is 0 Å². The highest BCUT2D eigenvalue weighted by molar-refractivity contribution is 5.29. The Morgan fingerprint density at radius 1 is 1.36 bits per heavy atom. The standard InChI is InChI=1S/C13H19N/c1-2-13(14)12-8-7-10-5-3-4-6-11(10)9-12/h3-6,12-13H,2,7-9,14H2,1H3/t12?,13-/m1/s1. The number of nitrogens with two attached hydrogens (primary N) is 1. The van der Waals surface area contributed by atoms with E-state index in [9.17, 15) is 0 Å². The largest absolute Gasteiger partial charge is 0.327 e. The van der Waals surface area contributed by atoms with Crippen LogP contribution in [0, 0.1) is 5.92 Å². The molecule has 2 atom stereocenters. The van der Waals surface area contributed by atoms with Gasteiger partial charge in [-0.15, -0.1) is 0 Å². The maximum Gasteiger partial charge on any atom is 0.00678 e. The number of hydrogen-bond acceptors (Lipinski definition) is 1. The molecule has 0 aliphatic heterocycles. The van der Waals surface area contributed by atoms with Crippen LogP contribution in [0.15, 0.2) is 24.3 Å². The van der Waals surface area contributed by atoms with Crippen LogP contribution in [0.4, 0.5) is 0 Å². The van der Waals surface area contributed by atoms with Crippen LogP contribution in [0.3, 0.4) is 0 Å². The van der Waals surface area contributed by atoms with Gasteiger partial charge in [0.25, 0.3) is 0 Å². The van der Waals surface area contributed by atoms with Gasteiger partial charge < -0.3 is 5.73 Å². The summed E-state index contributed by atoms with van der Waals surface area (Å²) in [6.07, 6.45) is 4.78. The molecule has 2 rings (SSSR count). The lowest BCUT2D eigenvalue weighted by Crippen LogP contribution is -2.33. The van der Waals surface area contributed by atoms with Gasteiger partial charge in [0.05, 0.1) is 0 Å². The zero-order chi connectivity index (χ0) is 9.97. The third kappa shape index (κ3) is 1.83. The van der Waals surface area contributed by atoms with Gasteiger partial charge in [-0.1, -0.05) is 31.2 Å². The summed E-state index contributed by atoms with van der Waals surface area (Å²) in [5, 5.41) is 0. The van der Waals surface area contributed by atoms with E-state index in [4.69, 9.17) is 5.73 Å². The summed E-state index contributed by atoms with van der Waals surface area (Å²) in [5.74, 6) is 0.704. The van der Waals surface area contributed by atoms with Crippen molar-refractivity contribution in [1.82, 2.24) is 0 Å². The van der Waals surface area contributed by atoms with Crippen LogP contribution in [0.1, 0.15) is 30.9 Å². The molecule has 0 bridgehead atoms. The van der Waals surface area contributed by atoms with E-state index in [1.54, 1.807) is 0 Å². The third-order valence-electron chi connectivity index (χ3n) is 3.46. The Bertz CT molecular complexity index is 306. The summed E-state index contributed by atoms with van der Waals surface area (Å²) in [6, 6.07) is 9.17. The van der Waals surface area contributed by atoms with E-state index in [1.807, 2.05) is 0 Å². The molecule has 0 radical (unpaired) electrons. The molecule has 0 aromatic heterocycles. The molecule has 2 N–H and O–H groups in total. The average Bonchev–Trinajstić information content (AvgIpc) is 2.27. The van der Waals surface area contributed by atoms with E-state index in [0.29, 0.717) is 12.0 Å². The molecule has 76 valence electrons. The van der Waals surface area contributed by atoms with Crippen molar-refractivity contribution in [3.05, 3.63) is 35.4 Å². The number of benzene rings is 1. The highest BCUT2D eigenvalue weighted by Gasteiger charge is 2.22. The highest BCUT2D eigenvalue weighted by Crippen LogP contribution is 2.27. The molecule has 0 fully saturated rings. The van der Waals surface area contributed by atoms with Crippen molar-refractivity contribution in [2.24, 2.45) is 11.7 Å². The smallest absolute Gasteiger partial charge is 0.00678 e. The Labute approximate surface area is 86.3 Å². The molecule has 0 saturated carbocycles. The van der Waals surface area contributed by atoms with Crippen LogP contribution in [-0.2, 0) is 12.8 Å². The Morgan fingerprint density at radius 3 is 2.79 bits per heavy atom. The summed E-state index contributed by atoms with van der Waals surface area (Å²) in [7, 11) is 0. The first-order valence-electron chi connectivity index (χ1n) is 5.63. The van der Waals surface area contributed by atoms with Crippen molar-refractivity contribution in [3.8, 4) is 0 Å². The quantitative estimate of drug-likeness (QED) is 0.760. The van der Waals surface area contributed by atoms with Gasteiger partial charge >= 0.3 is 0 Å². The number of fused-ring (bicyclic) bond motifs is 1. The zero-order valence-corrected chi connectivity index (χ0v) is 8.87. The molecule has 1 aromatic rings. The molecule has 0 saturated heterocycles. The van der Waals surface area contributed by atoms with Gasteiger partial charge in [-0.25, -0.2) is 0 Å². The minimum Gasteiger partial charge on any atom is -0.327 e. The first-order valence-corrected chi connectivity index (χ1v) is 5.63. The summed E-state index contributed by atoms with van der Waals surface area (Å²) in [6.45, 7) is 2.19. The highest BCUT2D eigenvalue weighted by atomic mass is 14.6. The number of hydrogen-bond donors (Lipinski definition) is 1. The van der Waals surface area contributed by atoms with Gasteiger partial charge in [-0.2, -0.15) is 0 Å². The van der Waals surface area contributed by atoms with Crippen molar-refractivity contribution in [2.75, 3.05) is 0 Å². The molecule has 14 heavy (non-hydrogen) atoms. The van der Waals surface area contributed by atoms with Crippen molar-refractivity contribution in [1.29, 1.82) is 0 Å². The predicted octanol–water partition coefficient (Wildman–Crippen LogP) is 2.53. The lowest BCUT2D eigenvalue weighted by atomic mass is 9.80. The van der Waals surface area contributed by atoms with Crippen LogP contribution in [0.5, 0.6) is 0 Å². The van der Waals surface area contributed by atoms with Crippen molar-refractivity contribution in [3.63, 3.8) is 0 Å². The maximum absolute atomic E-state index is 6.10. The van der Waals surface area contributed by atoms with Gasteiger partial charge in [0, 0.05) is 6.04 Å². The summed E-state index contributed by atoms with van der Waals surface area (Å²) in [5.41, 5.74) is 9.16. The molecule has 1 unspecified atom stereocenters. The summed E-state index contributed by atoms with van der Waals surface area (Å²) < 4.78 is 0. The van der Waals surface area contributed by atoms with E-state index < -0.39 is 0 Å². The predicted molar refractivity (Wildman–Crippen MR) is 60.2 cm³/mol. The molecule has 1 heteroatoms. The Balaban J connectivity index is 2.13. The zero-order valence-electron chi connectivity index (χ0n) is 8.87. The molecule has 1 aliphatic rings. The molecular weight excluding hydrogens is 170 g/mol. The first kappa shape index (κ1) is 9.72. The Hall–Kier alpha value is -0.820. The fraction of sp³-hybridized carbons (Fsp3) is 0.538. The lowest BCUT2D eigenvalue weighted by Gasteiger charge is -2.28. The van der Waals surface area contributed by atoms with Gasteiger partial charge in [0.15, 0.2) is 0 Å². The second-order valence-corrected chi connectivity index (χ2v) is 4.34. The minimum absolute atomic E-state index is 0.392. The van der Waals surface area contributed by atoms with Crippen molar-refractivity contribution < 1.29 is 0 Å². The van der Waals surface area contributed by atoms with Crippen molar-refractivity contribution in [2.45, 2.75) is 38.6 Å². The van der Waals surface area contributed by atoms with Crippen LogP contribution in [0.25, 0.3) is 0 Å². The maximum atomic E-state index is 6.10. The Morgan fingerprint density at radius 2 is 2.07 bits per heavy atom. The van der Waals surface area contributed by atoms with E-state index in [2.05, 4.69) is 31.2 Å². The van der Waals surface area contributed by atoms with E-state index >= 15 is 0 Å². The second kappa shape index (κ2) is 4.14. The minimum atomic E-state index is 0.392. The fourth-order valence-electron chi connectivity index (χ4n) is 2.42. The van der Waals surface area contributed by atoms with Gasteiger partial charge in [0.2, 0.25) is 0 Å². The SMILES string of the molecule is CC[C@@H](N)C1CCc2ccccc2C1. The third-order valence-corrected chi connectivity index (χ3v) is 3.46. The van der Waals surface area contributed by atoms with Crippen molar-refractivity contribution >= 4 is 0 Å². The summed E-state index contributed by atoms with van der Waals surface area (Å²) in [4.78, 5) is 0. The van der Waals surface area contributed by atoms with Crippen LogP contribution in [-0.4, -0.2) is 6.04 Å². The first-order chi connectivity index (χ1) is 6.81. The number of rotatable bonds is 2. The molecular formula is C13H19N. The summed E-state index contributed by atoms with van der Waals surface area (Å²) >= 11 is 0. The molecule has 0 amide bonds. The van der Waals surface area contributed by atoms with Gasteiger partial charge in [0.1, 0.15) is 0 Å². The van der Waals surface area contributed by atoms with Gasteiger partial charge in [-0.05, 0) is 42.7 Å². The second-order valence-electron chi connectivity index (χ2n) is 4.34. The van der Waals surface area contributed by atoms with E-state index in [0.717, 1.165) is 6.42 Å². The Kier molecular flexibility index (Phi) is 2.87. The normalized spacial score (nSPS) is 22.9. The van der Waals surface area contributed by atoms with Crippen LogP contribution >= 0.6 is 0 Å². The molecule has 1 aliphatic carbocycles. The average molecular weight is 189 g/mol. The van der Waals surface area contributed by atoms with Crippen LogP contribution < -0.4 is 5.73 Å². The van der Waals surface area contributed by atoms with E-state index in [-0.39, 0.29) is 0 Å². The topological polar surface area (TPSA) is 26.0 Å². The molecule has 0 heterocycles. The fourth-order valence-corrected chi connectivity index (χ4v) is 2.42. The monoisotopic (exact) mass is 189 g/mol. The van der Waals surface area contributed by atoms with Gasteiger partial charge in [-0.3, -0.25) is 0 Å². The molecule has 1 aromatic carbocycles. The molecule has 1 nitrogen and oxygen atoms in total. The van der Waals surface area contributed by atoms with E-state index in [1.165, 1.54) is 30.4 Å².